The molecule has 0 aliphatic rings. The highest BCUT2D eigenvalue weighted by molar-refractivity contribution is 9.10. The molecule has 0 atom stereocenters. The Morgan fingerprint density at radius 3 is 2.75 bits per heavy atom. The number of nitrogens with zero attached hydrogens (tertiary/aromatic N) is 2. The zero-order chi connectivity index (χ0) is 14.8. The van der Waals surface area contributed by atoms with Gasteiger partial charge in [0, 0.05) is 10.7 Å². The van der Waals surface area contributed by atoms with E-state index in [0.29, 0.717) is 4.47 Å². The molecule has 106 valence electrons. The van der Waals surface area contributed by atoms with Gasteiger partial charge in [-0.05, 0) is 24.3 Å². The quantitative estimate of drug-likeness (QED) is 0.827. The molecule has 20 heavy (non-hydrogen) atoms. The first-order valence-electron chi connectivity index (χ1n) is 5.27. The van der Waals surface area contributed by atoms with Crippen LogP contribution in [0.5, 0.6) is 5.75 Å². The summed E-state index contributed by atoms with van der Waals surface area (Å²) in [6.07, 6.45) is 1.35. The Balaban J connectivity index is 2.43. The van der Waals surface area contributed by atoms with Gasteiger partial charge in [-0.2, -0.15) is 0 Å². The van der Waals surface area contributed by atoms with Crippen molar-refractivity contribution < 1.29 is 13.2 Å². The third kappa shape index (κ3) is 3.38. The van der Waals surface area contributed by atoms with Gasteiger partial charge in [-0.3, -0.25) is 0 Å². The van der Waals surface area contributed by atoms with Gasteiger partial charge in [0.1, 0.15) is 15.8 Å². The van der Waals surface area contributed by atoms with Crippen LogP contribution in [0.25, 0.3) is 0 Å². The van der Waals surface area contributed by atoms with Crippen LogP contribution in [0.4, 0.5) is 5.95 Å². The number of benzene rings is 1. The third-order valence-electron chi connectivity index (χ3n) is 2.26. The minimum absolute atomic E-state index is 0.0297. The summed E-state index contributed by atoms with van der Waals surface area (Å²) < 4.78 is 32.5. The van der Waals surface area contributed by atoms with E-state index in [1.54, 1.807) is 6.07 Å². The van der Waals surface area contributed by atoms with E-state index in [9.17, 15) is 8.42 Å². The van der Waals surface area contributed by atoms with Crippen molar-refractivity contribution in [3.05, 3.63) is 40.1 Å². The molecule has 0 unspecified atom stereocenters. The number of anilines is 1. The lowest BCUT2D eigenvalue weighted by molar-refractivity contribution is 0.403. The molecule has 0 spiro atoms. The summed E-state index contributed by atoms with van der Waals surface area (Å²) in [6, 6.07) is 6.08. The lowest BCUT2D eigenvalue weighted by atomic mass is 10.3. The van der Waals surface area contributed by atoms with E-state index in [1.165, 1.54) is 31.5 Å². The van der Waals surface area contributed by atoms with Crippen molar-refractivity contribution in [3.8, 4) is 5.75 Å². The Hall–Kier alpha value is -1.38. The van der Waals surface area contributed by atoms with Gasteiger partial charge in [-0.1, -0.05) is 27.5 Å². The van der Waals surface area contributed by atoms with Gasteiger partial charge in [-0.15, -0.1) is 0 Å². The molecule has 2 aromatic rings. The van der Waals surface area contributed by atoms with Crippen LogP contribution in [0.1, 0.15) is 0 Å². The zero-order valence-electron chi connectivity index (χ0n) is 10.2. The van der Waals surface area contributed by atoms with Crippen molar-refractivity contribution >= 4 is 43.5 Å². The highest BCUT2D eigenvalue weighted by Crippen LogP contribution is 2.28. The summed E-state index contributed by atoms with van der Waals surface area (Å²) >= 11 is 8.90. The summed E-state index contributed by atoms with van der Waals surface area (Å²) in [5.41, 5.74) is 0. The molecule has 0 saturated carbocycles. The second kappa shape index (κ2) is 5.94. The summed E-state index contributed by atoms with van der Waals surface area (Å²) in [4.78, 5) is 7.53. The minimum atomic E-state index is -3.88. The monoisotopic (exact) mass is 377 g/mol. The third-order valence-corrected chi connectivity index (χ3v) is 4.32. The van der Waals surface area contributed by atoms with E-state index in [2.05, 4.69) is 30.6 Å². The number of rotatable bonds is 4. The predicted molar refractivity (Wildman–Crippen MR) is 78.5 cm³/mol. The van der Waals surface area contributed by atoms with Crippen LogP contribution in [0.2, 0.25) is 5.15 Å². The van der Waals surface area contributed by atoms with Gasteiger partial charge in [0.05, 0.1) is 7.11 Å². The highest BCUT2D eigenvalue weighted by atomic mass is 79.9. The van der Waals surface area contributed by atoms with Crippen LogP contribution in [-0.2, 0) is 10.0 Å². The second-order valence-electron chi connectivity index (χ2n) is 3.60. The topological polar surface area (TPSA) is 81.2 Å². The molecule has 2 rings (SSSR count). The van der Waals surface area contributed by atoms with Crippen LogP contribution < -0.4 is 9.46 Å². The van der Waals surface area contributed by atoms with Crippen molar-refractivity contribution in [2.75, 3.05) is 11.8 Å². The van der Waals surface area contributed by atoms with Crippen LogP contribution >= 0.6 is 27.5 Å². The van der Waals surface area contributed by atoms with E-state index >= 15 is 0 Å². The fourth-order valence-corrected chi connectivity index (χ4v) is 3.22. The average molecular weight is 379 g/mol. The van der Waals surface area contributed by atoms with Gasteiger partial charge in [0.2, 0.25) is 5.95 Å². The van der Waals surface area contributed by atoms with E-state index in [-0.39, 0.29) is 21.7 Å². The molecule has 1 aromatic heterocycles. The Bertz CT molecular complexity index is 739. The smallest absolute Gasteiger partial charge is 0.267 e. The summed E-state index contributed by atoms with van der Waals surface area (Å²) in [5, 5.41) is 0.138. The molecule has 0 amide bonds. The van der Waals surface area contributed by atoms with E-state index < -0.39 is 10.0 Å². The Morgan fingerprint density at radius 1 is 1.35 bits per heavy atom. The number of hydrogen-bond donors (Lipinski definition) is 1. The molecule has 0 bridgehead atoms. The Labute approximate surface area is 129 Å². The molecule has 6 nitrogen and oxygen atoms in total. The number of halogens is 2. The summed E-state index contributed by atoms with van der Waals surface area (Å²) in [6.45, 7) is 0. The maximum Gasteiger partial charge on any atom is 0.267 e. The maximum absolute atomic E-state index is 12.3. The molecule has 1 aromatic carbocycles. The Kier molecular flexibility index (Phi) is 4.46. The molecule has 0 saturated heterocycles. The van der Waals surface area contributed by atoms with Gasteiger partial charge in [0.25, 0.3) is 10.0 Å². The molecule has 1 N–H and O–H groups in total. The highest BCUT2D eigenvalue weighted by Gasteiger charge is 2.21. The van der Waals surface area contributed by atoms with Gasteiger partial charge in [0.15, 0.2) is 0 Å². The lowest BCUT2D eigenvalue weighted by Gasteiger charge is -2.10. The lowest BCUT2D eigenvalue weighted by Crippen LogP contribution is -2.16. The molecule has 1 heterocycles. The normalized spacial score (nSPS) is 11.2. The summed E-state index contributed by atoms with van der Waals surface area (Å²) in [7, 11) is -2.50. The number of sulfonamides is 1. The minimum Gasteiger partial charge on any atom is -0.495 e. The van der Waals surface area contributed by atoms with Crippen molar-refractivity contribution in [2.24, 2.45) is 0 Å². The number of nitrogens with one attached hydrogen (secondary N) is 1. The van der Waals surface area contributed by atoms with Crippen LogP contribution in [0, 0.1) is 0 Å². The SMILES string of the molecule is COc1ccc(Br)cc1S(=O)(=O)Nc1nccc(Cl)n1. The van der Waals surface area contributed by atoms with Crippen molar-refractivity contribution in [2.45, 2.75) is 4.90 Å². The predicted octanol–water partition coefficient (Wildman–Crippen LogP) is 2.70. The first-order valence-corrected chi connectivity index (χ1v) is 7.93. The number of hydrogen-bond acceptors (Lipinski definition) is 5. The van der Waals surface area contributed by atoms with Gasteiger partial charge >= 0.3 is 0 Å². The van der Waals surface area contributed by atoms with E-state index in [0.717, 1.165) is 0 Å². The summed E-state index contributed by atoms with van der Waals surface area (Å²) in [5.74, 6) is 0.0993. The molecule has 0 aliphatic heterocycles. The molecule has 9 heteroatoms. The van der Waals surface area contributed by atoms with Crippen molar-refractivity contribution in [1.82, 2.24) is 9.97 Å². The molecule has 0 radical (unpaired) electrons. The van der Waals surface area contributed by atoms with Crippen LogP contribution in [0.3, 0.4) is 0 Å². The molecule has 0 aliphatic carbocycles. The van der Waals surface area contributed by atoms with Crippen LogP contribution in [0.15, 0.2) is 39.8 Å². The van der Waals surface area contributed by atoms with E-state index in [4.69, 9.17) is 16.3 Å². The molecule has 0 fully saturated rings. The fourth-order valence-electron chi connectivity index (χ4n) is 1.42. The molecular weight excluding hydrogens is 370 g/mol. The fraction of sp³-hybridized carbons (Fsp3) is 0.0909. The second-order valence-corrected chi connectivity index (χ2v) is 6.56. The van der Waals surface area contributed by atoms with Gasteiger partial charge < -0.3 is 4.74 Å². The van der Waals surface area contributed by atoms with Gasteiger partial charge in [-0.25, -0.2) is 23.1 Å². The van der Waals surface area contributed by atoms with Crippen molar-refractivity contribution in [3.63, 3.8) is 0 Å². The molecular formula is C11H9BrClN3O3S. The first-order chi connectivity index (χ1) is 9.42. The Morgan fingerprint density at radius 2 is 2.10 bits per heavy atom. The van der Waals surface area contributed by atoms with E-state index in [1.807, 2.05) is 0 Å². The van der Waals surface area contributed by atoms with Crippen molar-refractivity contribution in [1.29, 1.82) is 0 Å². The number of aromatic nitrogens is 2. The zero-order valence-corrected chi connectivity index (χ0v) is 13.3. The first kappa shape index (κ1) is 15.0. The number of ether oxygens (including phenoxy) is 1. The largest absolute Gasteiger partial charge is 0.495 e. The average Bonchev–Trinajstić information content (AvgIpc) is 2.38. The maximum atomic E-state index is 12.3. The number of methoxy groups -OCH3 is 1. The van der Waals surface area contributed by atoms with Crippen LogP contribution in [-0.4, -0.2) is 25.5 Å². The standard InChI is InChI=1S/C11H9BrClN3O3S/c1-19-8-3-2-7(12)6-9(8)20(17,18)16-11-14-5-4-10(13)15-11/h2-6H,1H3,(H,14,15,16).